The number of nitrogens with zero attached hydrogens (tertiary/aromatic N) is 3. The Balaban J connectivity index is 2.08. The van der Waals surface area contributed by atoms with Crippen LogP contribution in [0, 0.1) is 0 Å². The summed E-state index contributed by atoms with van der Waals surface area (Å²) in [4.78, 5) is 2.37. The molecule has 2 heterocycles. The molecule has 0 aliphatic carbocycles. The number of hydrogen-bond donors (Lipinski definition) is 2. The highest BCUT2D eigenvalue weighted by atomic mass is 16.3. The maximum absolute atomic E-state index is 10.1. The van der Waals surface area contributed by atoms with Gasteiger partial charge in [-0.2, -0.15) is 5.10 Å². The topological polar surface area (TPSA) is 67.3 Å². The number of hydrogen-bond acceptors (Lipinski definition) is 4. The molecule has 1 aliphatic heterocycles. The fourth-order valence-electron chi connectivity index (χ4n) is 2.70. The van der Waals surface area contributed by atoms with E-state index in [2.05, 4.69) is 10.00 Å². The van der Waals surface area contributed by atoms with Crippen molar-refractivity contribution in [2.45, 2.75) is 37.8 Å². The molecule has 2 unspecified atom stereocenters. The third-order valence-electron chi connectivity index (χ3n) is 3.87. The molecule has 0 bridgehead atoms. The molecule has 0 amide bonds. The van der Waals surface area contributed by atoms with Gasteiger partial charge in [0.2, 0.25) is 0 Å². The Bertz CT molecular complexity index is 388. The molecule has 0 aromatic carbocycles. The molecule has 102 valence electrons. The van der Waals surface area contributed by atoms with E-state index in [1.54, 1.807) is 0 Å². The summed E-state index contributed by atoms with van der Waals surface area (Å²) in [7, 11) is 1.92. The van der Waals surface area contributed by atoms with Gasteiger partial charge in [-0.1, -0.05) is 0 Å². The summed E-state index contributed by atoms with van der Waals surface area (Å²) in [6.07, 6.45) is 6.61. The molecule has 5 nitrogen and oxygen atoms in total. The van der Waals surface area contributed by atoms with Gasteiger partial charge in [0.1, 0.15) is 0 Å². The van der Waals surface area contributed by atoms with Crippen molar-refractivity contribution in [3.05, 3.63) is 18.0 Å². The van der Waals surface area contributed by atoms with Crippen molar-refractivity contribution in [1.82, 2.24) is 14.7 Å². The average Bonchev–Trinajstić information content (AvgIpc) is 2.64. The average molecular weight is 252 g/mol. The lowest BCUT2D eigenvalue weighted by Gasteiger charge is -2.29. The summed E-state index contributed by atoms with van der Waals surface area (Å²) in [5.41, 5.74) is 6.57. The largest absolute Gasteiger partial charge is 0.390 e. The monoisotopic (exact) mass is 252 g/mol. The summed E-state index contributed by atoms with van der Waals surface area (Å²) in [5.74, 6) is 0. The number of rotatable bonds is 3. The van der Waals surface area contributed by atoms with Crippen LogP contribution in [0.3, 0.4) is 0 Å². The van der Waals surface area contributed by atoms with E-state index in [1.165, 1.54) is 5.56 Å². The molecule has 3 N–H and O–H groups in total. The van der Waals surface area contributed by atoms with Crippen LogP contribution < -0.4 is 5.73 Å². The van der Waals surface area contributed by atoms with Crippen LogP contribution in [0.25, 0.3) is 0 Å². The predicted octanol–water partition coefficient (Wildman–Crippen LogP) is 0.657. The normalized spacial score (nSPS) is 28.0. The third kappa shape index (κ3) is 3.10. The minimum absolute atomic E-state index is 0.215. The first-order valence-electron chi connectivity index (χ1n) is 6.67. The first kappa shape index (κ1) is 13.5. The number of likely N-dealkylation sites (tertiary alicyclic amines) is 1. The molecule has 2 atom stereocenters. The fraction of sp³-hybridized carbons (Fsp3) is 0.769. The number of nitrogens with two attached hydrogens (primary N) is 1. The van der Waals surface area contributed by atoms with Gasteiger partial charge >= 0.3 is 0 Å². The molecule has 1 fully saturated rings. The van der Waals surface area contributed by atoms with Crippen molar-refractivity contribution in [3.63, 3.8) is 0 Å². The molecule has 1 saturated heterocycles. The maximum atomic E-state index is 10.1. The van der Waals surface area contributed by atoms with E-state index >= 15 is 0 Å². The Morgan fingerprint density at radius 3 is 2.89 bits per heavy atom. The Morgan fingerprint density at radius 2 is 2.28 bits per heavy atom. The lowest BCUT2D eigenvalue weighted by molar-refractivity contribution is 0.0431. The highest BCUT2D eigenvalue weighted by molar-refractivity contribution is 5.11. The van der Waals surface area contributed by atoms with Crippen LogP contribution in [-0.4, -0.2) is 45.0 Å². The van der Waals surface area contributed by atoms with Gasteiger partial charge in [0.05, 0.1) is 17.8 Å². The van der Waals surface area contributed by atoms with E-state index in [1.807, 2.05) is 31.0 Å². The van der Waals surface area contributed by atoms with Crippen molar-refractivity contribution >= 4 is 0 Å². The minimum atomic E-state index is -0.525. The van der Waals surface area contributed by atoms with Crippen molar-refractivity contribution < 1.29 is 5.11 Å². The van der Waals surface area contributed by atoms with Crippen LogP contribution >= 0.6 is 0 Å². The van der Waals surface area contributed by atoms with Crippen LogP contribution in [0.5, 0.6) is 0 Å². The van der Waals surface area contributed by atoms with Crippen molar-refractivity contribution in [1.29, 1.82) is 0 Å². The van der Waals surface area contributed by atoms with Crippen molar-refractivity contribution in [2.24, 2.45) is 12.8 Å². The number of aliphatic hydroxyl groups is 1. The Morgan fingerprint density at radius 1 is 1.50 bits per heavy atom. The zero-order chi connectivity index (χ0) is 13.2. The van der Waals surface area contributed by atoms with E-state index in [4.69, 9.17) is 5.73 Å². The lowest BCUT2D eigenvalue weighted by atomic mass is 9.98. The second-order valence-corrected chi connectivity index (χ2v) is 5.59. The van der Waals surface area contributed by atoms with E-state index in [0.29, 0.717) is 6.54 Å². The molecule has 0 radical (unpaired) electrons. The fourth-order valence-corrected chi connectivity index (χ4v) is 2.70. The van der Waals surface area contributed by atoms with E-state index in [0.717, 1.165) is 32.4 Å². The SMILES string of the molecule is Cn1cc(C(CN)N2CCCC(C)(O)CC2)cn1. The quantitative estimate of drug-likeness (QED) is 0.829. The second kappa shape index (κ2) is 5.38. The number of aryl methyl sites for hydroxylation is 1. The highest BCUT2D eigenvalue weighted by Gasteiger charge is 2.28. The molecule has 2 rings (SSSR count). The highest BCUT2D eigenvalue weighted by Crippen LogP contribution is 2.27. The summed E-state index contributed by atoms with van der Waals surface area (Å²) < 4.78 is 1.81. The molecular formula is C13H24N4O. The van der Waals surface area contributed by atoms with Gasteiger partial charge in [-0.15, -0.1) is 0 Å². The van der Waals surface area contributed by atoms with Gasteiger partial charge in [0.15, 0.2) is 0 Å². The van der Waals surface area contributed by atoms with Gasteiger partial charge in [-0.25, -0.2) is 0 Å². The predicted molar refractivity (Wildman–Crippen MR) is 71.1 cm³/mol. The zero-order valence-corrected chi connectivity index (χ0v) is 11.3. The smallest absolute Gasteiger partial charge is 0.0632 e. The van der Waals surface area contributed by atoms with Crippen molar-refractivity contribution in [2.75, 3.05) is 19.6 Å². The van der Waals surface area contributed by atoms with Crippen LogP contribution in [0.4, 0.5) is 0 Å². The van der Waals surface area contributed by atoms with Gasteiger partial charge in [-0.3, -0.25) is 9.58 Å². The molecular weight excluding hydrogens is 228 g/mol. The molecule has 1 aromatic heterocycles. The van der Waals surface area contributed by atoms with Crippen LogP contribution in [0.1, 0.15) is 37.8 Å². The first-order valence-corrected chi connectivity index (χ1v) is 6.67. The minimum Gasteiger partial charge on any atom is -0.390 e. The van der Waals surface area contributed by atoms with Crippen LogP contribution in [0.15, 0.2) is 12.4 Å². The maximum Gasteiger partial charge on any atom is 0.0632 e. The van der Waals surface area contributed by atoms with Crippen LogP contribution in [0.2, 0.25) is 0 Å². The molecule has 18 heavy (non-hydrogen) atoms. The standard InChI is InChI=1S/C13H24N4O/c1-13(18)4-3-6-17(7-5-13)12(8-14)11-9-15-16(2)10-11/h9-10,12,18H,3-8,14H2,1-2H3. The molecule has 1 aliphatic rings. The molecule has 0 saturated carbocycles. The van der Waals surface area contributed by atoms with E-state index in [9.17, 15) is 5.11 Å². The van der Waals surface area contributed by atoms with Crippen molar-refractivity contribution in [3.8, 4) is 0 Å². The molecule has 1 aromatic rings. The summed E-state index contributed by atoms with van der Waals surface area (Å²) in [6, 6.07) is 0.215. The van der Waals surface area contributed by atoms with Gasteiger partial charge in [0.25, 0.3) is 0 Å². The third-order valence-corrected chi connectivity index (χ3v) is 3.87. The van der Waals surface area contributed by atoms with Crippen LogP contribution in [-0.2, 0) is 7.05 Å². The summed E-state index contributed by atoms with van der Waals surface area (Å²) >= 11 is 0. The van der Waals surface area contributed by atoms with Gasteiger partial charge in [0, 0.05) is 31.9 Å². The Kier molecular flexibility index (Phi) is 4.04. The van der Waals surface area contributed by atoms with Gasteiger partial charge in [-0.05, 0) is 32.7 Å². The summed E-state index contributed by atoms with van der Waals surface area (Å²) in [5, 5.41) is 14.3. The van der Waals surface area contributed by atoms with Gasteiger partial charge < -0.3 is 10.8 Å². The number of aromatic nitrogens is 2. The lowest BCUT2D eigenvalue weighted by Crippen LogP contribution is -2.35. The van der Waals surface area contributed by atoms with E-state index < -0.39 is 5.60 Å². The first-order chi connectivity index (χ1) is 8.52. The zero-order valence-electron chi connectivity index (χ0n) is 11.3. The molecule has 5 heteroatoms. The Labute approximate surface area is 109 Å². The van der Waals surface area contributed by atoms with E-state index in [-0.39, 0.29) is 6.04 Å². The summed E-state index contributed by atoms with van der Waals surface area (Å²) in [6.45, 7) is 4.41. The Hall–Kier alpha value is -0.910. The second-order valence-electron chi connectivity index (χ2n) is 5.59. The molecule has 0 spiro atoms.